The largest absolute Gasteiger partial charge is 0.508 e. The zero-order valence-electron chi connectivity index (χ0n) is 14.4. The Labute approximate surface area is 138 Å². The Morgan fingerprint density at radius 2 is 1.96 bits per heavy atom. The smallest absolute Gasteiger partial charge is 0.252 e. The first kappa shape index (κ1) is 17.8. The van der Waals surface area contributed by atoms with Gasteiger partial charge in [0.1, 0.15) is 11.4 Å². The Hall–Kier alpha value is -1.55. The van der Waals surface area contributed by atoms with E-state index in [9.17, 15) is 15.0 Å². The average molecular weight is 319 g/mol. The number of carbonyl (C=O) groups is 1. The first-order valence-electron chi connectivity index (χ1n) is 8.61. The maximum atomic E-state index is 12.6. The summed E-state index contributed by atoms with van der Waals surface area (Å²) in [5, 5.41) is 23.2. The van der Waals surface area contributed by atoms with Crippen molar-refractivity contribution in [3.8, 4) is 5.75 Å². The summed E-state index contributed by atoms with van der Waals surface area (Å²) in [6, 6.07) is 6.97. The first-order valence-corrected chi connectivity index (χ1v) is 8.61. The quantitative estimate of drug-likeness (QED) is 0.781. The van der Waals surface area contributed by atoms with E-state index in [1.807, 2.05) is 12.1 Å². The van der Waals surface area contributed by atoms with Gasteiger partial charge in [-0.05, 0) is 54.7 Å². The maximum Gasteiger partial charge on any atom is 0.252 e. The zero-order valence-corrected chi connectivity index (χ0v) is 14.4. The lowest BCUT2D eigenvalue weighted by molar-refractivity contribution is -0.155. The SMILES string of the molecule is CC1CCC(C(C)C)[C@@](O)(C(=O)NCCc2ccc(O)cc2)C1. The van der Waals surface area contributed by atoms with Crippen LogP contribution in [-0.4, -0.2) is 28.3 Å². The second-order valence-electron chi connectivity index (χ2n) is 7.33. The highest BCUT2D eigenvalue weighted by Gasteiger charge is 2.48. The highest BCUT2D eigenvalue weighted by molar-refractivity contribution is 5.85. The number of nitrogens with one attached hydrogen (secondary N) is 1. The molecule has 128 valence electrons. The van der Waals surface area contributed by atoms with Gasteiger partial charge in [-0.2, -0.15) is 0 Å². The van der Waals surface area contributed by atoms with Crippen molar-refractivity contribution in [1.29, 1.82) is 0 Å². The standard InChI is InChI=1S/C19H29NO3/c1-13(2)17-9-4-14(3)12-19(17,23)18(22)20-11-10-15-5-7-16(21)8-6-15/h5-8,13-14,17,21,23H,4,9-12H2,1-3H3,(H,20,22)/t14?,17?,19-/m1/s1. The van der Waals surface area contributed by atoms with Gasteiger partial charge < -0.3 is 15.5 Å². The van der Waals surface area contributed by atoms with E-state index in [-0.39, 0.29) is 23.5 Å². The van der Waals surface area contributed by atoms with Crippen LogP contribution in [0.3, 0.4) is 0 Å². The lowest BCUT2D eigenvalue weighted by atomic mass is 9.66. The molecule has 2 rings (SSSR count). The molecule has 1 aromatic carbocycles. The van der Waals surface area contributed by atoms with Crippen LogP contribution in [-0.2, 0) is 11.2 Å². The van der Waals surface area contributed by atoms with Crippen molar-refractivity contribution in [2.24, 2.45) is 17.8 Å². The fourth-order valence-corrected chi connectivity index (χ4v) is 3.77. The van der Waals surface area contributed by atoms with Crippen LogP contribution in [0.15, 0.2) is 24.3 Å². The van der Waals surface area contributed by atoms with Crippen molar-refractivity contribution in [3.05, 3.63) is 29.8 Å². The lowest BCUT2D eigenvalue weighted by Crippen LogP contribution is -2.56. The van der Waals surface area contributed by atoms with Gasteiger partial charge in [-0.1, -0.05) is 39.3 Å². The van der Waals surface area contributed by atoms with E-state index >= 15 is 0 Å². The van der Waals surface area contributed by atoms with Crippen molar-refractivity contribution in [2.45, 2.75) is 52.1 Å². The number of hydrogen-bond acceptors (Lipinski definition) is 3. The molecule has 0 saturated heterocycles. The van der Waals surface area contributed by atoms with Gasteiger partial charge in [-0.3, -0.25) is 4.79 Å². The summed E-state index contributed by atoms with van der Waals surface area (Å²) in [5.74, 6) is 0.685. The molecule has 0 aromatic heterocycles. The van der Waals surface area contributed by atoms with Crippen LogP contribution in [0.5, 0.6) is 5.75 Å². The molecule has 1 saturated carbocycles. The summed E-state index contributed by atoms with van der Waals surface area (Å²) in [4.78, 5) is 12.6. The molecule has 1 fully saturated rings. The van der Waals surface area contributed by atoms with Crippen LogP contribution in [0.1, 0.15) is 45.6 Å². The van der Waals surface area contributed by atoms with E-state index in [0.29, 0.717) is 25.3 Å². The topological polar surface area (TPSA) is 69.6 Å². The minimum absolute atomic E-state index is 0.0207. The number of aliphatic hydroxyl groups is 1. The molecule has 1 aromatic rings. The van der Waals surface area contributed by atoms with Crippen molar-refractivity contribution in [3.63, 3.8) is 0 Å². The van der Waals surface area contributed by atoms with Crippen molar-refractivity contribution in [1.82, 2.24) is 5.32 Å². The maximum absolute atomic E-state index is 12.6. The molecule has 0 spiro atoms. The van der Waals surface area contributed by atoms with E-state index in [1.165, 1.54) is 0 Å². The third-order valence-corrected chi connectivity index (χ3v) is 5.08. The zero-order chi connectivity index (χ0) is 17.0. The number of aromatic hydroxyl groups is 1. The van der Waals surface area contributed by atoms with Crippen LogP contribution in [0.2, 0.25) is 0 Å². The van der Waals surface area contributed by atoms with Gasteiger partial charge >= 0.3 is 0 Å². The van der Waals surface area contributed by atoms with E-state index in [0.717, 1.165) is 18.4 Å². The van der Waals surface area contributed by atoms with Gasteiger partial charge in [0.2, 0.25) is 0 Å². The summed E-state index contributed by atoms with van der Waals surface area (Å²) >= 11 is 0. The summed E-state index contributed by atoms with van der Waals surface area (Å²) < 4.78 is 0. The van der Waals surface area contributed by atoms with Gasteiger partial charge in [-0.25, -0.2) is 0 Å². The van der Waals surface area contributed by atoms with E-state index < -0.39 is 5.60 Å². The summed E-state index contributed by atoms with van der Waals surface area (Å²) in [6.45, 7) is 6.75. The van der Waals surface area contributed by atoms with E-state index in [1.54, 1.807) is 12.1 Å². The monoisotopic (exact) mass is 319 g/mol. The molecule has 0 heterocycles. The highest BCUT2D eigenvalue weighted by Crippen LogP contribution is 2.41. The minimum Gasteiger partial charge on any atom is -0.508 e. The Bertz CT molecular complexity index is 526. The Balaban J connectivity index is 1.95. The van der Waals surface area contributed by atoms with Gasteiger partial charge in [0, 0.05) is 6.54 Å². The molecule has 0 radical (unpaired) electrons. The fraction of sp³-hybridized carbons (Fsp3) is 0.632. The second-order valence-corrected chi connectivity index (χ2v) is 7.33. The Morgan fingerprint density at radius 3 is 2.57 bits per heavy atom. The summed E-state index contributed by atoms with van der Waals surface area (Å²) in [6.07, 6.45) is 3.21. The molecule has 1 aliphatic rings. The fourth-order valence-electron chi connectivity index (χ4n) is 3.77. The number of carbonyl (C=O) groups excluding carboxylic acids is 1. The van der Waals surface area contributed by atoms with E-state index in [2.05, 4.69) is 26.1 Å². The molecular weight excluding hydrogens is 290 g/mol. The van der Waals surface area contributed by atoms with Crippen molar-refractivity contribution < 1.29 is 15.0 Å². The number of benzene rings is 1. The third-order valence-electron chi connectivity index (χ3n) is 5.08. The number of amides is 1. The van der Waals surface area contributed by atoms with Gasteiger partial charge in [-0.15, -0.1) is 0 Å². The average Bonchev–Trinajstić information content (AvgIpc) is 2.48. The van der Waals surface area contributed by atoms with Gasteiger partial charge in [0.15, 0.2) is 0 Å². The molecule has 3 atom stereocenters. The van der Waals surface area contributed by atoms with Crippen molar-refractivity contribution in [2.75, 3.05) is 6.54 Å². The Kier molecular flexibility index (Phi) is 5.69. The molecule has 3 N–H and O–H groups in total. The summed E-state index contributed by atoms with van der Waals surface area (Å²) in [5.41, 5.74) is -0.201. The number of phenolic OH excluding ortho intramolecular Hbond substituents is 1. The van der Waals surface area contributed by atoms with Gasteiger partial charge in [0.25, 0.3) is 5.91 Å². The van der Waals surface area contributed by atoms with Crippen LogP contribution in [0, 0.1) is 17.8 Å². The molecule has 0 bridgehead atoms. The molecule has 1 amide bonds. The molecule has 23 heavy (non-hydrogen) atoms. The molecule has 1 aliphatic carbocycles. The second kappa shape index (κ2) is 7.35. The van der Waals surface area contributed by atoms with Gasteiger partial charge in [0.05, 0.1) is 0 Å². The first-order chi connectivity index (χ1) is 10.8. The number of rotatable bonds is 5. The van der Waals surface area contributed by atoms with Crippen molar-refractivity contribution >= 4 is 5.91 Å². The predicted molar refractivity (Wildman–Crippen MR) is 91.1 cm³/mol. The predicted octanol–water partition coefficient (Wildman–Crippen LogP) is 2.87. The van der Waals surface area contributed by atoms with Crippen LogP contribution >= 0.6 is 0 Å². The van der Waals surface area contributed by atoms with E-state index in [4.69, 9.17) is 0 Å². The Morgan fingerprint density at radius 1 is 1.30 bits per heavy atom. The molecule has 4 heteroatoms. The molecule has 0 aliphatic heterocycles. The van der Waals surface area contributed by atoms with Crippen LogP contribution in [0.25, 0.3) is 0 Å². The number of hydrogen-bond donors (Lipinski definition) is 3. The third kappa shape index (κ3) is 4.25. The van der Waals surface area contributed by atoms with Crippen LogP contribution in [0.4, 0.5) is 0 Å². The van der Waals surface area contributed by atoms with Crippen LogP contribution < -0.4 is 5.32 Å². The highest BCUT2D eigenvalue weighted by atomic mass is 16.3. The molecule has 2 unspecified atom stereocenters. The molecular formula is C19H29NO3. The number of phenols is 1. The molecule has 4 nitrogen and oxygen atoms in total. The lowest BCUT2D eigenvalue weighted by Gasteiger charge is -2.43. The normalized spacial score (nSPS) is 27.9. The minimum atomic E-state index is -1.25. The summed E-state index contributed by atoms with van der Waals surface area (Å²) in [7, 11) is 0.